The van der Waals surface area contributed by atoms with Crippen molar-refractivity contribution in [3.05, 3.63) is 0 Å². The van der Waals surface area contributed by atoms with Gasteiger partial charge in [-0.1, -0.05) is 18.7 Å². The number of hydrogen-bond donors (Lipinski definition) is 5. The molecule has 7 nitrogen and oxygen atoms in total. The maximum atomic E-state index is 9.86. The van der Waals surface area contributed by atoms with Gasteiger partial charge >= 0.3 is 0 Å². The lowest BCUT2D eigenvalue weighted by Crippen LogP contribution is -2.34. The molecular formula is C12H21N5O2S. The van der Waals surface area contributed by atoms with Crippen LogP contribution in [0.25, 0.3) is 0 Å². The molecule has 0 amide bonds. The molecule has 0 aliphatic heterocycles. The highest BCUT2D eigenvalue weighted by Crippen LogP contribution is 2.29. The summed E-state index contributed by atoms with van der Waals surface area (Å²) in [5.41, 5.74) is 11.9. The minimum Gasteiger partial charge on any atom is -0.393 e. The van der Waals surface area contributed by atoms with Crippen LogP contribution in [0.4, 0.5) is 17.3 Å². The number of nitrogens with two attached hydrogens (primary N) is 2. The average molecular weight is 299 g/mol. The van der Waals surface area contributed by atoms with Gasteiger partial charge in [-0.3, -0.25) is 0 Å². The number of rotatable bonds is 5. The van der Waals surface area contributed by atoms with Crippen LogP contribution in [0.5, 0.6) is 0 Å². The summed E-state index contributed by atoms with van der Waals surface area (Å²) in [6.07, 6.45) is 0.688. The number of aliphatic hydroxyl groups is 2. The molecule has 0 aromatic carbocycles. The third-order valence-corrected chi connectivity index (χ3v) is 4.35. The first-order chi connectivity index (χ1) is 9.52. The lowest BCUT2D eigenvalue weighted by atomic mass is 10.2. The Morgan fingerprint density at radius 1 is 1.30 bits per heavy atom. The molecule has 7 N–H and O–H groups in total. The predicted molar refractivity (Wildman–Crippen MR) is 80.5 cm³/mol. The Bertz CT molecular complexity index is 473. The van der Waals surface area contributed by atoms with E-state index in [4.69, 9.17) is 11.5 Å². The topological polar surface area (TPSA) is 130 Å². The van der Waals surface area contributed by atoms with E-state index in [0.29, 0.717) is 23.8 Å². The van der Waals surface area contributed by atoms with Gasteiger partial charge in [0.05, 0.1) is 18.2 Å². The van der Waals surface area contributed by atoms with E-state index in [2.05, 4.69) is 22.2 Å². The van der Waals surface area contributed by atoms with Crippen molar-refractivity contribution in [2.75, 3.05) is 22.5 Å². The van der Waals surface area contributed by atoms with Crippen LogP contribution in [0.3, 0.4) is 0 Å². The normalized spacial score (nSPS) is 25.9. The quantitative estimate of drug-likeness (QED) is 0.391. The van der Waals surface area contributed by atoms with E-state index in [1.807, 2.05) is 0 Å². The Labute approximate surface area is 122 Å². The predicted octanol–water partition coefficient (Wildman–Crippen LogP) is 0.439. The third kappa shape index (κ3) is 3.25. The lowest BCUT2D eigenvalue weighted by molar-refractivity contribution is 0.0391. The largest absolute Gasteiger partial charge is 0.393 e. The SMILES string of the molecule is CCCSc1nc(N)c(N)c(NC2CCC(O)C2O)n1. The molecule has 3 unspecified atom stereocenters. The van der Waals surface area contributed by atoms with E-state index in [9.17, 15) is 10.2 Å². The summed E-state index contributed by atoms with van der Waals surface area (Å²) < 4.78 is 0. The molecule has 1 aromatic rings. The van der Waals surface area contributed by atoms with Gasteiger partial charge in [0.25, 0.3) is 0 Å². The van der Waals surface area contributed by atoms with Gasteiger partial charge in [-0.15, -0.1) is 0 Å². The summed E-state index contributed by atoms with van der Waals surface area (Å²) >= 11 is 1.51. The number of anilines is 3. The summed E-state index contributed by atoms with van der Waals surface area (Å²) in [4.78, 5) is 8.47. The Morgan fingerprint density at radius 2 is 2.05 bits per heavy atom. The van der Waals surface area contributed by atoms with Crippen molar-refractivity contribution in [3.63, 3.8) is 0 Å². The third-order valence-electron chi connectivity index (χ3n) is 3.29. The van der Waals surface area contributed by atoms with E-state index >= 15 is 0 Å². The van der Waals surface area contributed by atoms with E-state index in [-0.39, 0.29) is 17.5 Å². The van der Waals surface area contributed by atoms with E-state index in [1.54, 1.807) is 0 Å². The molecule has 1 aromatic heterocycles. The summed E-state index contributed by atoms with van der Waals surface area (Å²) in [7, 11) is 0. The minimum atomic E-state index is -0.822. The number of nitrogen functional groups attached to an aromatic ring is 2. The standard InChI is InChI=1S/C12H21N5O2S/c1-2-5-20-12-16-10(14)8(13)11(17-12)15-6-3-4-7(18)9(6)19/h6-7,9,18-19H,2-5,13H2,1H3,(H3,14,15,16,17). The molecule has 0 bridgehead atoms. The van der Waals surface area contributed by atoms with Crippen molar-refractivity contribution >= 4 is 29.1 Å². The fraction of sp³-hybridized carbons (Fsp3) is 0.667. The molecule has 3 atom stereocenters. The second-order valence-corrected chi connectivity index (χ2v) is 5.95. The summed E-state index contributed by atoms with van der Waals surface area (Å²) in [5, 5.41) is 23.0. The van der Waals surface area contributed by atoms with Crippen LogP contribution in [0, 0.1) is 0 Å². The number of nitrogens with zero attached hydrogens (tertiary/aromatic N) is 2. The first kappa shape index (κ1) is 15.1. The van der Waals surface area contributed by atoms with Crippen molar-refractivity contribution in [3.8, 4) is 0 Å². The molecule has 0 saturated heterocycles. The van der Waals surface area contributed by atoms with Crippen LogP contribution < -0.4 is 16.8 Å². The Balaban J connectivity index is 2.15. The van der Waals surface area contributed by atoms with Crippen molar-refractivity contribution in [1.29, 1.82) is 0 Å². The first-order valence-electron chi connectivity index (χ1n) is 6.71. The lowest BCUT2D eigenvalue weighted by Gasteiger charge is -2.20. The molecular weight excluding hydrogens is 278 g/mol. The Morgan fingerprint density at radius 3 is 2.65 bits per heavy atom. The van der Waals surface area contributed by atoms with Gasteiger partial charge < -0.3 is 27.0 Å². The second kappa shape index (κ2) is 6.47. The monoisotopic (exact) mass is 299 g/mol. The number of aliphatic hydroxyl groups excluding tert-OH is 2. The summed E-state index contributed by atoms with van der Waals surface area (Å²) in [6, 6.07) is -0.273. The minimum absolute atomic E-state index is 0.231. The highest BCUT2D eigenvalue weighted by molar-refractivity contribution is 7.99. The highest BCUT2D eigenvalue weighted by atomic mass is 32.2. The van der Waals surface area contributed by atoms with Crippen LogP contribution in [-0.4, -0.2) is 44.2 Å². The van der Waals surface area contributed by atoms with Crippen LogP contribution >= 0.6 is 11.8 Å². The molecule has 2 rings (SSSR count). The van der Waals surface area contributed by atoms with Crippen molar-refractivity contribution < 1.29 is 10.2 Å². The zero-order chi connectivity index (χ0) is 14.7. The molecule has 1 fully saturated rings. The Hall–Kier alpha value is -1.25. The first-order valence-corrected chi connectivity index (χ1v) is 7.70. The van der Waals surface area contributed by atoms with Crippen LogP contribution in [0.2, 0.25) is 0 Å². The maximum Gasteiger partial charge on any atom is 0.191 e. The van der Waals surface area contributed by atoms with Crippen LogP contribution in [0.15, 0.2) is 5.16 Å². The van der Waals surface area contributed by atoms with Crippen LogP contribution in [-0.2, 0) is 0 Å². The molecule has 8 heteroatoms. The fourth-order valence-corrected chi connectivity index (χ4v) is 2.83. The van der Waals surface area contributed by atoms with Crippen LogP contribution in [0.1, 0.15) is 26.2 Å². The molecule has 1 saturated carbocycles. The van der Waals surface area contributed by atoms with E-state index in [0.717, 1.165) is 12.2 Å². The number of nitrogens with one attached hydrogen (secondary N) is 1. The number of thioether (sulfide) groups is 1. The molecule has 20 heavy (non-hydrogen) atoms. The summed E-state index contributed by atoms with van der Waals surface area (Å²) in [6.45, 7) is 2.07. The molecule has 0 radical (unpaired) electrons. The number of hydrogen-bond acceptors (Lipinski definition) is 8. The Kier molecular flexibility index (Phi) is 4.90. The van der Waals surface area contributed by atoms with Gasteiger partial charge in [-0.25, -0.2) is 9.97 Å². The molecule has 1 heterocycles. The van der Waals surface area contributed by atoms with Crippen molar-refractivity contribution in [2.24, 2.45) is 0 Å². The average Bonchev–Trinajstić information content (AvgIpc) is 2.73. The molecule has 1 aliphatic carbocycles. The van der Waals surface area contributed by atoms with E-state index in [1.165, 1.54) is 11.8 Å². The maximum absolute atomic E-state index is 9.86. The van der Waals surface area contributed by atoms with Gasteiger partial charge in [-0.2, -0.15) is 0 Å². The smallest absolute Gasteiger partial charge is 0.191 e. The van der Waals surface area contributed by atoms with Crippen molar-refractivity contribution in [1.82, 2.24) is 9.97 Å². The van der Waals surface area contributed by atoms with Gasteiger partial charge in [0.2, 0.25) is 0 Å². The highest BCUT2D eigenvalue weighted by Gasteiger charge is 2.34. The van der Waals surface area contributed by atoms with E-state index < -0.39 is 12.2 Å². The molecule has 1 aliphatic rings. The van der Waals surface area contributed by atoms with Gasteiger partial charge in [0.1, 0.15) is 5.69 Å². The van der Waals surface area contributed by atoms with Crippen molar-refractivity contribution in [2.45, 2.75) is 49.6 Å². The molecule has 0 spiro atoms. The zero-order valence-electron chi connectivity index (χ0n) is 11.4. The second-order valence-electron chi connectivity index (χ2n) is 4.89. The van der Waals surface area contributed by atoms with Gasteiger partial charge in [0, 0.05) is 5.75 Å². The zero-order valence-corrected chi connectivity index (χ0v) is 12.2. The fourth-order valence-electron chi connectivity index (χ4n) is 2.13. The molecule has 112 valence electrons. The van der Waals surface area contributed by atoms with Gasteiger partial charge in [0.15, 0.2) is 16.8 Å². The number of aromatic nitrogens is 2. The summed E-state index contributed by atoms with van der Waals surface area (Å²) in [5.74, 6) is 1.55. The van der Waals surface area contributed by atoms with Gasteiger partial charge in [-0.05, 0) is 19.3 Å².